The highest BCUT2D eigenvalue weighted by Crippen LogP contribution is 2.31. The van der Waals surface area contributed by atoms with Gasteiger partial charge in [-0.15, -0.1) is 0 Å². The van der Waals surface area contributed by atoms with Gasteiger partial charge in [0.05, 0.1) is 12.7 Å². The van der Waals surface area contributed by atoms with Gasteiger partial charge in [0.15, 0.2) is 17.4 Å². The van der Waals surface area contributed by atoms with E-state index in [2.05, 4.69) is 20.3 Å². The number of aliphatic hydroxyl groups excluding tert-OH is 2. The first kappa shape index (κ1) is 17.0. The minimum atomic E-state index is -1.39. The number of esters is 1. The van der Waals surface area contributed by atoms with Gasteiger partial charge < -0.3 is 30.0 Å². The Hall–Kier alpha value is -2.83. The molecule has 4 atom stereocenters. The third kappa shape index (κ3) is 2.97. The molecule has 25 heavy (non-hydrogen) atoms. The third-order valence-corrected chi connectivity index (χ3v) is 3.77. The molecule has 3 heterocycles. The molecule has 12 heteroatoms. The lowest BCUT2D eigenvalue weighted by molar-refractivity contribution is -0.159. The van der Waals surface area contributed by atoms with E-state index in [1.165, 1.54) is 24.3 Å². The first-order valence-electron chi connectivity index (χ1n) is 7.24. The van der Waals surface area contributed by atoms with Crippen molar-refractivity contribution < 1.29 is 29.3 Å². The standard InChI is InChI=1S/C13H15N5O7/c1-14-11(22)13(23)24-2-5-7(19)8(20)12(25-5)18-4-17-6-9(18)15-3-16-10(6)21/h3-5,7-8,12,19-20H,2H2,1H3,(H,14,22)(H,15,16,21)/t5-,7+,8?,12-/m1/s1. The van der Waals surface area contributed by atoms with Gasteiger partial charge in [0.1, 0.15) is 24.9 Å². The van der Waals surface area contributed by atoms with Gasteiger partial charge in [0.25, 0.3) is 5.56 Å². The number of carbonyl (C=O) groups is 2. The maximum absolute atomic E-state index is 11.7. The predicted molar refractivity (Wildman–Crippen MR) is 79.1 cm³/mol. The molecule has 4 N–H and O–H groups in total. The monoisotopic (exact) mass is 353 g/mol. The summed E-state index contributed by atoms with van der Waals surface area (Å²) in [7, 11) is 1.27. The summed E-state index contributed by atoms with van der Waals surface area (Å²) >= 11 is 0. The van der Waals surface area contributed by atoms with Crippen LogP contribution in [0.4, 0.5) is 0 Å². The Morgan fingerprint density at radius 2 is 2.16 bits per heavy atom. The third-order valence-electron chi connectivity index (χ3n) is 3.77. The number of hydrogen-bond donors (Lipinski definition) is 4. The average molecular weight is 353 g/mol. The van der Waals surface area contributed by atoms with Crippen LogP contribution in [-0.2, 0) is 19.1 Å². The summed E-state index contributed by atoms with van der Waals surface area (Å²) in [6.07, 6.45) is -2.54. The highest BCUT2D eigenvalue weighted by Gasteiger charge is 2.45. The zero-order valence-electron chi connectivity index (χ0n) is 12.9. The smallest absolute Gasteiger partial charge is 0.396 e. The quantitative estimate of drug-likeness (QED) is 0.332. The second-order valence-electron chi connectivity index (χ2n) is 5.28. The molecular weight excluding hydrogens is 338 g/mol. The predicted octanol–water partition coefficient (Wildman–Crippen LogP) is -2.97. The molecule has 1 saturated heterocycles. The number of rotatable bonds is 3. The van der Waals surface area contributed by atoms with E-state index < -0.39 is 48.6 Å². The zero-order valence-corrected chi connectivity index (χ0v) is 12.9. The Morgan fingerprint density at radius 3 is 2.88 bits per heavy atom. The number of aliphatic hydroxyl groups is 2. The Kier molecular flexibility index (Phi) is 4.48. The topological polar surface area (TPSA) is 169 Å². The lowest BCUT2D eigenvalue weighted by atomic mass is 10.1. The van der Waals surface area contributed by atoms with Gasteiger partial charge in [-0.25, -0.2) is 14.8 Å². The minimum absolute atomic E-state index is 0.0438. The molecule has 1 unspecified atom stereocenters. The van der Waals surface area contributed by atoms with Crippen molar-refractivity contribution in [2.45, 2.75) is 24.5 Å². The molecule has 0 radical (unpaired) electrons. The summed E-state index contributed by atoms with van der Waals surface area (Å²) in [5.74, 6) is -2.09. The highest BCUT2D eigenvalue weighted by molar-refractivity contribution is 6.32. The Morgan fingerprint density at radius 1 is 1.40 bits per heavy atom. The Labute approximate surface area is 139 Å². The summed E-state index contributed by atoms with van der Waals surface area (Å²) in [5, 5.41) is 22.4. The number of imidazole rings is 1. The molecule has 3 rings (SSSR count). The van der Waals surface area contributed by atoms with Gasteiger partial charge in [-0.2, -0.15) is 0 Å². The van der Waals surface area contributed by atoms with E-state index in [0.717, 1.165) is 0 Å². The number of ether oxygens (including phenoxy) is 2. The minimum Gasteiger partial charge on any atom is -0.456 e. The Balaban J connectivity index is 1.78. The first-order valence-corrected chi connectivity index (χ1v) is 7.24. The number of nitrogens with zero attached hydrogens (tertiary/aromatic N) is 3. The van der Waals surface area contributed by atoms with Crippen LogP contribution in [0, 0.1) is 0 Å². The summed E-state index contributed by atoms with van der Waals surface area (Å²) in [5.41, 5.74) is -0.266. The number of fused-ring (bicyclic) bond motifs is 1. The van der Waals surface area contributed by atoms with Crippen LogP contribution in [0.25, 0.3) is 11.2 Å². The van der Waals surface area contributed by atoms with Gasteiger partial charge in [-0.05, 0) is 0 Å². The molecule has 1 amide bonds. The van der Waals surface area contributed by atoms with Crippen LogP contribution in [0.15, 0.2) is 17.4 Å². The summed E-state index contributed by atoms with van der Waals surface area (Å²) < 4.78 is 11.5. The van der Waals surface area contributed by atoms with Crippen LogP contribution in [0.5, 0.6) is 0 Å². The molecule has 0 saturated carbocycles. The zero-order chi connectivity index (χ0) is 18.1. The van der Waals surface area contributed by atoms with E-state index in [-0.39, 0.29) is 11.2 Å². The largest absolute Gasteiger partial charge is 0.456 e. The van der Waals surface area contributed by atoms with E-state index in [9.17, 15) is 24.6 Å². The van der Waals surface area contributed by atoms with Crippen LogP contribution < -0.4 is 10.9 Å². The van der Waals surface area contributed by atoms with Crippen molar-refractivity contribution in [1.29, 1.82) is 0 Å². The van der Waals surface area contributed by atoms with E-state index in [4.69, 9.17) is 9.47 Å². The van der Waals surface area contributed by atoms with Crippen LogP contribution in [0.3, 0.4) is 0 Å². The summed E-state index contributed by atoms with van der Waals surface area (Å²) in [6, 6.07) is 0. The lowest BCUT2D eigenvalue weighted by Gasteiger charge is -2.16. The number of aromatic amines is 1. The van der Waals surface area contributed by atoms with E-state index >= 15 is 0 Å². The molecule has 1 fully saturated rings. The van der Waals surface area contributed by atoms with Gasteiger partial charge >= 0.3 is 11.9 Å². The second kappa shape index (κ2) is 6.58. The fraction of sp³-hybridized carbons (Fsp3) is 0.462. The molecule has 134 valence electrons. The highest BCUT2D eigenvalue weighted by atomic mass is 16.6. The molecular formula is C13H15N5O7. The van der Waals surface area contributed by atoms with Crippen molar-refractivity contribution >= 4 is 23.0 Å². The Bertz CT molecular complexity index is 862. The van der Waals surface area contributed by atoms with Crippen molar-refractivity contribution in [2.75, 3.05) is 13.7 Å². The lowest BCUT2D eigenvalue weighted by Crippen LogP contribution is -2.36. The van der Waals surface area contributed by atoms with Gasteiger partial charge in [-0.3, -0.25) is 14.2 Å². The van der Waals surface area contributed by atoms with E-state index in [0.29, 0.717) is 0 Å². The molecule has 0 aromatic carbocycles. The van der Waals surface area contributed by atoms with Crippen LogP contribution in [-0.4, -0.2) is 73.6 Å². The summed E-state index contributed by atoms with van der Waals surface area (Å²) in [4.78, 5) is 44.4. The van der Waals surface area contributed by atoms with Crippen molar-refractivity contribution in [3.63, 3.8) is 0 Å². The first-order chi connectivity index (χ1) is 11.9. The molecule has 2 aromatic rings. The van der Waals surface area contributed by atoms with Crippen LogP contribution >= 0.6 is 0 Å². The summed E-state index contributed by atoms with van der Waals surface area (Å²) in [6.45, 7) is -0.443. The van der Waals surface area contributed by atoms with Crippen molar-refractivity contribution in [3.8, 4) is 0 Å². The number of H-pyrrole nitrogens is 1. The number of hydrogen-bond acceptors (Lipinski definition) is 9. The maximum atomic E-state index is 11.7. The number of amides is 1. The maximum Gasteiger partial charge on any atom is 0.396 e. The van der Waals surface area contributed by atoms with Gasteiger partial charge in [0.2, 0.25) is 0 Å². The number of nitrogens with one attached hydrogen (secondary N) is 2. The van der Waals surface area contributed by atoms with Gasteiger partial charge in [-0.1, -0.05) is 0 Å². The molecule has 1 aliphatic rings. The molecule has 0 aliphatic carbocycles. The van der Waals surface area contributed by atoms with Crippen molar-refractivity contribution in [2.24, 2.45) is 0 Å². The van der Waals surface area contributed by atoms with Gasteiger partial charge in [0, 0.05) is 7.05 Å². The number of carbonyl (C=O) groups excluding carboxylic acids is 2. The molecule has 0 spiro atoms. The second-order valence-corrected chi connectivity index (χ2v) is 5.28. The fourth-order valence-corrected chi connectivity index (χ4v) is 2.47. The van der Waals surface area contributed by atoms with Crippen molar-refractivity contribution in [1.82, 2.24) is 24.8 Å². The van der Waals surface area contributed by atoms with Crippen LogP contribution in [0.1, 0.15) is 6.23 Å². The van der Waals surface area contributed by atoms with Crippen molar-refractivity contribution in [3.05, 3.63) is 23.0 Å². The fourth-order valence-electron chi connectivity index (χ4n) is 2.47. The molecule has 1 aliphatic heterocycles. The number of likely N-dealkylation sites (N-methyl/N-ethyl adjacent to an activating group) is 1. The average Bonchev–Trinajstić information content (AvgIpc) is 3.15. The number of aromatic nitrogens is 4. The molecule has 2 aromatic heterocycles. The van der Waals surface area contributed by atoms with Crippen LogP contribution in [0.2, 0.25) is 0 Å². The molecule has 12 nitrogen and oxygen atoms in total. The van der Waals surface area contributed by atoms with E-state index in [1.807, 2.05) is 0 Å². The van der Waals surface area contributed by atoms with E-state index in [1.54, 1.807) is 0 Å². The SMILES string of the molecule is CNC(=O)C(=O)OC[C@H]1O[C@@H](n2cnc3c(=O)[nH]cnc32)C(O)[C@H]1O. The normalized spacial score (nSPS) is 25.9. The molecule has 0 bridgehead atoms.